The van der Waals surface area contributed by atoms with Crippen LogP contribution in [0, 0.1) is 5.82 Å². The van der Waals surface area contributed by atoms with E-state index in [2.05, 4.69) is 32.9 Å². The van der Waals surface area contributed by atoms with Gasteiger partial charge >= 0.3 is 0 Å². The Labute approximate surface area is 181 Å². The first kappa shape index (κ1) is 20.4. The third-order valence-corrected chi connectivity index (χ3v) is 5.55. The Balaban J connectivity index is 1.63. The first-order valence-corrected chi connectivity index (χ1v) is 10.3. The number of hydrogen-bond donors (Lipinski definition) is 0. The van der Waals surface area contributed by atoms with Crippen molar-refractivity contribution in [3.05, 3.63) is 94.5 Å². The Morgan fingerprint density at radius 2 is 1.70 bits per heavy atom. The second-order valence-corrected chi connectivity index (χ2v) is 8.77. The zero-order chi connectivity index (χ0) is 21.3. The molecule has 0 radical (unpaired) electrons. The highest BCUT2D eigenvalue weighted by molar-refractivity contribution is 6.31. The summed E-state index contributed by atoms with van der Waals surface area (Å²) in [6.45, 7) is 7.10. The summed E-state index contributed by atoms with van der Waals surface area (Å²) in [7, 11) is 0. The third kappa shape index (κ3) is 4.19. The molecule has 0 unspecified atom stereocenters. The van der Waals surface area contributed by atoms with Crippen LogP contribution in [0.5, 0.6) is 5.75 Å². The summed E-state index contributed by atoms with van der Waals surface area (Å²) in [5.41, 5.74) is 3.53. The molecule has 0 fully saturated rings. The molecular formula is C25H24ClFN2O. The number of ether oxygens (including phenoxy) is 1. The lowest BCUT2D eigenvalue weighted by atomic mass is 9.87. The van der Waals surface area contributed by atoms with Crippen LogP contribution >= 0.6 is 11.6 Å². The second kappa shape index (κ2) is 8.11. The number of halogens is 2. The Kier molecular flexibility index (Phi) is 5.52. The summed E-state index contributed by atoms with van der Waals surface area (Å²) in [6, 6.07) is 20.6. The van der Waals surface area contributed by atoms with Crippen molar-refractivity contribution in [1.82, 2.24) is 9.55 Å². The van der Waals surface area contributed by atoms with E-state index in [-0.39, 0.29) is 24.4 Å². The molecule has 3 nitrogen and oxygen atoms in total. The van der Waals surface area contributed by atoms with Crippen LogP contribution in [0.4, 0.5) is 4.39 Å². The summed E-state index contributed by atoms with van der Waals surface area (Å²) < 4.78 is 22.4. The number of rotatable bonds is 5. The van der Waals surface area contributed by atoms with E-state index in [1.54, 1.807) is 12.1 Å². The van der Waals surface area contributed by atoms with Crippen molar-refractivity contribution in [2.45, 2.75) is 39.3 Å². The van der Waals surface area contributed by atoms with Crippen molar-refractivity contribution < 1.29 is 9.13 Å². The van der Waals surface area contributed by atoms with Crippen LogP contribution < -0.4 is 4.74 Å². The standard InChI is InChI=1S/C25H24ClFN2O/c1-25(2,3)17-11-13-18(14-12-17)30-16-24-28-22-9-4-5-10-23(22)29(24)15-19-20(26)7-6-8-21(19)27/h4-14H,15-16H2,1-3H3. The molecule has 0 atom stereocenters. The lowest BCUT2D eigenvalue weighted by molar-refractivity contribution is 0.291. The monoisotopic (exact) mass is 422 g/mol. The average molecular weight is 423 g/mol. The van der Waals surface area contributed by atoms with E-state index in [9.17, 15) is 4.39 Å². The Morgan fingerprint density at radius 3 is 2.40 bits per heavy atom. The minimum absolute atomic E-state index is 0.0888. The molecule has 0 aliphatic heterocycles. The zero-order valence-electron chi connectivity index (χ0n) is 17.3. The van der Waals surface area contributed by atoms with Gasteiger partial charge in [0.25, 0.3) is 0 Å². The normalized spacial score (nSPS) is 11.8. The van der Waals surface area contributed by atoms with E-state index in [4.69, 9.17) is 21.3 Å². The van der Waals surface area contributed by atoms with Gasteiger partial charge in [-0.05, 0) is 47.4 Å². The van der Waals surface area contributed by atoms with Gasteiger partial charge in [0.15, 0.2) is 0 Å². The molecule has 0 amide bonds. The number of hydrogen-bond acceptors (Lipinski definition) is 2. The topological polar surface area (TPSA) is 27.1 Å². The number of fused-ring (bicyclic) bond motifs is 1. The molecule has 1 heterocycles. The molecule has 4 rings (SSSR count). The fraction of sp³-hybridized carbons (Fsp3) is 0.240. The molecule has 0 bridgehead atoms. The summed E-state index contributed by atoms with van der Waals surface area (Å²) in [6.07, 6.45) is 0. The smallest absolute Gasteiger partial charge is 0.148 e. The number of benzene rings is 3. The summed E-state index contributed by atoms with van der Waals surface area (Å²) in [5, 5.41) is 0.400. The van der Waals surface area contributed by atoms with Gasteiger partial charge in [0.2, 0.25) is 0 Å². The number of nitrogens with zero attached hydrogens (tertiary/aromatic N) is 2. The van der Waals surface area contributed by atoms with Gasteiger partial charge in [-0.3, -0.25) is 0 Å². The summed E-state index contributed by atoms with van der Waals surface area (Å²) >= 11 is 6.27. The van der Waals surface area contributed by atoms with Crippen molar-refractivity contribution in [3.8, 4) is 5.75 Å². The van der Waals surface area contributed by atoms with Crippen molar-refractivity contribution >= 4 is 22.6 Å². The minimum Gasteiger partial charge on any atom is -0.486 e. The SMILES string of the molecule is CC(C)(C)c1ccc(OCc2nc3ccccc3n2Cc2c(F)cccc2Cl)cc1. The predicted molar refractivity (Wildman–Crippen MR) is 120 cm³/mol. The van der Waals surface area contributed by atoms with Crippen LogP contribution in [0.2, 0.25) is 5.02 Å². The molecule has 3 aromatic carbocycles. The Bertz CT molecular complexity index is 1160. The molecule has 0 N–H and O–H groups in total. The molecule has 1 aromatic heterocycles. The van der Waals surface area contributed by atoms with E-state index < -0.39 is 0 Å². The van der Waals surface area contributed by atoms with Crippen molar-refractivity contribution in [3.63, 3.8) is 0 Å². The Hall–Kier alpha value is -2.85. The van der Waals surface area contributed by atoms with Gasteiger partial charge in [0, 0.05) is 10.6 Å². The first-order valence-electron chi connectivity index (χ1n) is 9.93. The van der Waals surface area contributed by atoms with Gasteiger partial charge in [-0.15, -0.1) is 0 Å². The fourth-order valence-electron chi connectivity index (χ4n) is 3.45. The van der Waals surface area contributed by atoms with Gasteiger partial charge in [-0.25, -0.2) is 9.37 Å². The van der Waals surface area contributed by atoms with Gasteiger partial charge in [-0.1, -0.05) is 62.7 Å². The molecular weight excluding hydrogens is 399 g/mol. The van der Waals surface area contributed by atoms with Gasteiger partial charge in [0.05, 0.1) is 17.6 Å². The van der Waals surface area contributed by atoms with Gasteiger partial charge in [-0.2, -0.15) is 0 Å². The lowest BCUT2D eigenvalue weighted by Crippen LogP contribution is -2.11. The first-order chi connectivity index (χ1) is 14.3. The molecule has 0 spiro atoms. The molecule has 0 saturated carbocycles. The quantitative estimate of drug-likeness (QED) is 0.355. The van der Waals surface area contributed by atoms with Crippen LogP contribution in [0.25, 0.3) is 11.0 Å². The highest BCUT2D eigenvalue weighted by Crippen LogP contribution is 2.26. The maximum Gasteiger partial charge on any atom is 0.148 e. The van der Waals surface area contributed by atoms with Crippen LogP contribution in [-0.4, -0.2) is 9.55 Å². The molecule has 30 heavy (non-hydrogen) atoms. The average Bonchev–Trinajstić information content (AvgIpc) is 3.06. The van der Waals surface area contributed by atoms with Crippen LogP contribution in [0.15, 0.2) is 66.7 Å². The number of para-hydroxylation sites is 2. The summed E-state index contributed by atoms with van der Waals surface area (Å²) in [4.78, 5) is 4.71. The van der Waals surface area contributed by atoms with Crippen LogP contribution in [-0.2, 0) is 18.6 Å². The molecule has 4 aromatic rings. The van der Waals surface area contributed by atoms with E-state index in [1.165, 1.54) is 11.6 Å². The molecule has 5 heteroatoms. The Morgan fingerprint density at radius 1 is 0.967 bits per heavy atom. The largest absolute Gasteiger partial charge is 0.486 e. The van der Waals surface area contributed by atoms with E-state index in [0.29, 0.717) is 10.6 Å². The molecule has 0 saturated heterocycles. The number of imidazole rings is 1. The van der Waals surface area contributed by atoms with E-state index >= 15 is 0 Å². The highest BCUT2D eigenvalue weighted by atomic mass is 35.5. The van der Waals surface area contributed by atoms with Gasteiger partial charge in [0.1, 0.15) is 24.0 Å². The van der Waals surface area contributed by atoms with E-state index in [1.807, 2.05) is 41.0 Å². The molecule has 0 aliphatic rings. The van der Waals surface area contributed by atoms with Crippen molar-refractivity contribution in [2.24, 2.45) is 0 Å². The maximum atomic E-state index is 14.4. The lowest BCUT2D eigenvalue weighted by Gasteiger charge is -2.19. The maximum absolute atomic E-state index is 14.4. The highest BCUT2D eigenvalue weighted by Gasteiger charge is 2.16. The summed E-state index contributed by atoms with van der Waals surface area (Å²) in [5.74, 6) is 1.16. The fourth-order valence-corrected chi connectivity index (χ4v) is 3.68. The van der Waals surface area contributed by atoms with Crippen molar-refractivity contribution in [1.29, 1.82) is 0 Å². The van der Waals surface area contributed by atoms with Crippen LogP contribution in [0.1, 0.15) is 37.7 Å². The van der Waals surface area contributed by atoms with Crippen molar-refractivity contribution in [2.75, 3.05) is 0 Å². The van der Waals surface area contributed by atoms with Gasteiger partial charge < -0.3 is 9.30 Å². The molecule has 154 valence electrons. The third-order valence-electron chi connectivity index (χ3n) is 5.20. The second-order valence-electron chi connectivity index (χ2n) is 8.37. The predicted octanol–water partition coefficient (Wildman–Crippen LogP) is 6.75. The minimum atomic E-state index is -0.329. The zero-order valence-corrected chi connectivity index (χ0v) is 18.1. The van der Waals surface area contributed by atoms with E-state index in [0.717, 1.165) is 22.6 Å². The number of aromatic nitrogens is 2. The van der Waals surface area contributed by atoms with Crippen LogP contribution in [0.3, 0.4) is 0 Å². The molecule has 0 aliphatic carbocycles.